The van der Waals surface area contributed by atoms with Crippen molar-refractivity contribution < 1.29 is 14.6 Å². The zero-order chi connectivity index (χ0) is 14.6. The second-order valence-electron chi connectivity index (χ2n) is 5.71. The predicted molar refractivity (Wildman–Crippen MR) is 79.5 cm³/mol. The number of aryl methyl sites for hydroxylation is 1. The number of ether oxygens (including phenoxy) is 1. The number of hydrogen-bond acceptors (Lipinski definition) is 2. The molecule has 1 aliphatic carbocycles. The Balaban J connectivity index is 2.53. The van der Waals surface area contributed by atoms with Crippen molar-refractivity contribution >= 4 is 6.16 Å². The van der Waals surface area contributed by atoms with Gasteiger partial charge in [0.1, 0.15) is 5.75 Å². The van der Waals surface area contributed by atoms with Gasteiger partial charge in [0.15, 0.2) is 0 Å². The van der Waals surface area contributed by atoms with Gasteiger partial charge in [0, 0.05) is 5.56 Å². The highest BCUT2D eigenvalue weighted by atomic mass is 16.7. The summed E-state index contributed by atoms with van der Waals surface area (Å²) in [6.45, 7) is 4.33. The molecule has 0 atom stereocenters. The molecule has 0 aliphatic heterocycles. The average molecular weight is 276 g/mol. The predicted octanol–water partition coefficient (Wildman–Crippen LogP) is 4.92. The van der Waals surface area contributed by atoms with Crippen LogP contribution in [0.25, 0.3) is 0 Å². The number of rotatable bonds is 4. The van der Waals surface area contributed by atoms with Crippen molar-refractivity contribution in [1.82, 2.24) is 0 Å². The first-order chi connectivity index (χ1) is 9.63. The van der Waals surface area contributed by atoms with Gasteiger partial charge in [-0.05, 0) is 42.7 Å². The summed E-state index contributed by atoms with van der Waals surface area (Å²) in [6.07, 6.45) is 6.73. The van der Waals surface area contributed by atoms with Crippen LogP contribution in [0.4, 0.5) is 4.79 Å². The molecule has 0 spiro atoms. The molecule has 0 saturated heterocycles. The summed E-state index contributed by atoms with van der Waals surface area (Å²) in [4.78, 5) is 11.0. The molecule has 0 bridgehead atoms. The molecule has 2 rings (SSSR count). The second kappa shape index (κ2) is 6.29. The quantitative estimate of drug-likeness (QED) is 0.627. The van der Waals surface area contributed by atoms with Crippen LogP contribution in [0, 0.1) is 0 Å². The van der Waals surface area contributed by atoms with Crippen molar-refractivity contribution in [3.05, 3.63) is 29.3 Å². The monoisotopic (exact) mass is 276 g/mol. The molecule has 0 heterocycles. The number of carboxylic acid groups (broad SMARTS) is 1. The Bertz CT molecular complexity index is 473. The molecule has 20 heavy (non-hydrogen) atoms. The standard InChI is InChI=1S/C17H24O3/c1-3-13-9-8-10-14(20-16(18)19)15(13)17(4-2)11-6-5-7-12-17/h8-10H,3-7,11-12H2,1-2H3,(H,18,19). The van der Waals surface area contributed by atoms with E-state index in [0.29, 0.717) is 5.75 Å². The fourth-order valence-electron chi connectivity index (χ4n) is 3.66. The Morgan fingerprint density at radius 1 is 1.25 bits per heavy atom. The Hall–Kier alpha value is -1.51. The van der Waals surface area contributed by atoms with Gasteiger partial charge >= 0.3 is 6.16 Å². The van der Waals surface area contributed by atoms with Crippen LogP contribution in [-0.2, 0) is 11.8 Å². The summed E-state index contributed by atoms with van der Waals surface area (Å²) in [5, 5.41) is 8.99. The highest BCUT2D eigenvalue weighted by molar-refractivity contribution is 5.63. The Morgan fingerprint density at radius 2 is 1.95 bits per heavy atom. The molecule has 0 unspecified atom stereocenters. The van der Waals surface area contributed by atoms with E-state index in [9.17, 15) is 4.79 Å². The van der Waals surface area contributed by atoms with E-state index in [4.69, 9.17) is 9.84 Å². The molecule has 0 aromatic heterocycles. The summed E-state index contributed by atoms with van der Waals surface area (Å²) in [5.41, 5.74) is 2.47. The van der Waals surface area contributed by atoms with Crippen molar-refractivity contribution in [3.63, 3.8) is 0 Å². The molecule has 110 valence electrons. The van der Waals surface area contributed by atoms with E-state index >= 15 is 0 Å². The molecule has 1 N–H and O–H groups in total. The lowest BCUT2D eigenvalue weighted by Crippen LogP contribution is -2.30. The van der Waals surface area contributed by atoms with Crippen molar-refractivity contribution in [2.45, 2.75) is 64.2 Å². The molecule has 3 heteroatoms. The summed E-state index contributed by atoms with van der Waals surface area (Å²) >= 11 is 0. The second-order valence-corrected chi connectivity index (χ2v) is 5.71. The maximum Gasteiger partial charge on any atom is 0.511 e. The van der Waals surface area contributed by atoms with Crippen LogP contribution in [0.15, 0.2) is 18.2 Å². The highest BCUT2D eigenvalue weighted by Gasteiger charge is 2.36. The molecule has 0 radical (unpaired) electrons. The molecule has 1 saturated carbocycles. The van der Waals surface area contributed by atoms with E-state index in [1.54, 1.807) is 6.07 Å². The maximum atomic E-state index is 11.0. The third-order valence-electron chi connectivity index (χ3n) is 4.71. The van der Waals surface area contributed by atoms with Gasteiger partial charge in [0.2, 0.25) is 0 Å². The summed E-state index contributed by atoms with van der Waals surface area (Å²) in [6, 6.07) is 5.80. The summed E-state index contributed by atoms with van der Waals surface area (Å²) in [5.74, 6) is 0.542. The minimum Gasteiger partial charge on any atom is -0.449 e. The SMILES string of the molecule is CCc1cccc(OC(=O)O)c1C1(CC)CCCCC1. The van der Waals surface area contributed by atoms with E-state index in [2.05, 4.69) is 19.9 Å². The summed E-state index contributed by atoms with van der Waals surface area (Å²) in [7, 11) is 0. The van der Waals surface area contributed by atoms with Crippen molar-refractivity contribution in [3.8, 4) is 5.75 Å². The molecule has 1 aromatic rings. The van der Waals surface area contributed by atoms with E-state index in [-0.39, 0.29) is 5.41 Å². The summed E-state index contributed by atoms with van der Waals surface area (Å²) < 4.78 is 5.08. The Morgan fingerprint density at radius 3 is 2.50 bits per heavy atom. The first kappa shape index (κ1) is 14.9. The van der Waals surface area contributed by atoms with E-state index in [1.807, 2.05) is 6.07 Å². The van der Waals surface area contributed by atoms with Crippen LogP contribution in [0.2, 0.25) is 0 Å². The minimum atomic E-state index is -1.22. The topological polar surface area (TPSA) is 46.5 Å². The number of carbonyl (C=O) groups is 1. The molecule has 1 aromatic carbocycles. The van der Waals surface area contributed by atoms with Gasteiger partial charge in [-0.2, -0.15) is 0 Å². The largest absolute Gasteiger partial charge is 0.511 e. The van der Waals surface area contributed by atoms with Gasteiger partial charge in [-0.1, -0.05) is 45.2 Å². The van der Waals surface area contributed by atoms with Gasteiger partial charge in [0.05, 0.1) is 0 Å². The zero-order valence-electron chi connectivity index (χ0n) is 12.4. The fraction of sp³-hybridized carbons (Fsp3) is 0.588. The van der Waals surface area contributed by atoms with E-state index in [0.717, 1.165) is 31.2 Å². The normalized spacial score (nSPS) is 17.7. The molecule has 1 aliphatic rings. The lowest BCUT2D eigenvalue weighted by Gasteiger charge is -2.39. The van der Waals surface area contributed by atoms with Crippen molar-refractivity contribution in [2.75, 3.05) is 0 Å². The van der Waals surface area contributed by atoms with Gasteiger partial charge in [-0.3, -0.25) is 0 Å². The van der Waals surface area contributed by atoms with E-state index in [1.165, 1.54) is 24.8 Å². The van der Waals surface area contributed by atoms with Gasteiger partial charge in [0.25, 0.3) is 0 Å². The fourth-order valence-corrected chi connectivity index (χ4v) is 3.66. The lowest BCUT2D eigenvalue weighted by atomic mass is 9.66. The van der Waals surface area contributed by atoms with Crippen LogP contribution in [0.5, 0.6) is 5.75 Å². The number of benzene rings is 1. The third-order valence-corrected chi connectivity index (χ3v) is 4.71. The molecular formula is C17H24O3. The number of hydrogen-bond donors (Lipinski definition) is 1. The van der Waals surface area contributed by atoms with Gasteiger partial charge < -0.3 is 9.84 Å². The Labute approximate surface area is 121 Å². The minimum absolute atomic E-state index is 0.0929. The first-order valence-electron chi connectivity index (χ1n) is 7.66. The maximum absolute atomic E-state index is 11.0. The lowest BCUT2D eigenvalue weighted by molar-refractivity contribution is 0.142. The molecule has 0 amide bonds. The zero-order valence-corrected chi connectivity index (χ0v) is 12.4. The smallest absolute Gasteiger partial charge is 0.449 e. The van der Waals surface area contributed by atoms with Crippen LogP contribution < -0.4 is 4.74 Å². The van der Waals surface area contributed by atoms with Gasteiger partial charge in [-0.25, -0.2) is 4.79 Å². The first-order valence-corrected chi connectivity index (χ1v) is 7.66. The third kappa shape index (κ3) is 2.82. The van der Waals surface area contributed by atoms with E-state index < -0.39 is 6.16 Å². The average Bonchev–Trinajstić information content (AvgIpc) is 2.47. The van der Waals surface area contributed by atoms with Crippen LogP contribution in [0.1, 0.15) is 63.5 Å². The Kier molecular flexibility index (Phi) is 4.69. The molecule has 1 fully saturated rings. The molecular weight excluding hydrogens is 252 g/mol. The van der Waals surface area contributed by atoms with Crippen molar-refractivity contribution in [2.24, 2.45) is 0 Å². The van der Waals surface area contributed by atoms with Crippen molar-refractivity contribution in [1.29, 1.82) is 0 Å². The van der Waals surface area contributed by atoms with Crippen LogP contribution >= 0.6 is 0 Å². The van der Waals surface area contributed by atoms with Crippen LogP contribution in [-0.4, -0.2) is 11.3 Å². The highest BCUT2D eigenvalue weighted by Crippen LogP contribution is 2.47. The van der Waals surface area contributed by atoms with Crippen LogP contribution in [0.3, 0.4) is 0 Å². The molecule has 3 nitrogen and oxygen atoms in total. The van der Waals surface area contributed by atoms with Gasteiger partial charge in [-0.15, -0.1) is 0 Å².